The van der Waals surface area contributed by atoms with Gasteiger partial charge in [0.1, 0.15) is 0 Å². The van der Waals surface area contributed by atoms with E-state index in [9.17, 15) is 4.79 Å². The molecule has 0 radical (unpaired) electrons. The number of aliphatic carboxylic acids is 1. The van der Waals surface area contributed by atoms with Gasteiger partial charge < -0.3 is 10.0 Å². The molecular weight excluding hydrogens is 278 g/mol. The van der Waals surface area contributed by atoms with E-state index in [0.29, 0.717) is 6.54 Å². The van der Waals surface area contributed by atoms with Crippen LogP contribution in [0.25, 0.3) is 0 Å². The molecule has 3 nitrogen and oxygen atoms in total. The summed E-state index contributed by atoms with van der Waals surface area (Å²) in [5.41, 5.74) is 0. The first kappa shape index (κ1) is 12.7. The van der Waals surface area contributed by atoms with E-state index in [1.165, 1.54) is 4.88 Å². The summed E-state index contributed by atoms with van der Waals surface area (Å²) in [5.74, 6) is -0.735. The van der Waals surface area contributed by atoms with Crippen molar-refractivity contribution in [1.82, 2.24) is 4.90 Å². The minimum atomic E-state index is -0.735. The van der Waals surface area contributed by atoms with Gasteiger partial charge in [-0.25, -0.2) is 0 Å². The fourth-order valence-electron chi connectivity index (χ4n) is 1.19. The highest BCUT2D eigenvalue weighted by Crippen LogP contribution is 2.22. The lowest BCUT2D eigenvalue weighted by Crippen LogP contribution is -2.23. The molecule has 15 heavy (non-hydrogen) atoms. The summed E-state index contributed by atoms with van der Waals surface area (Å²) in [5, 5.41) is 8.52. The molecule has 0 amide bonds. The minimum absolute atomic E-state index is 0.213. The predicted octanol–water partition coefficient (Wildman–Crippen LogP) is 2.46. The van der Waals surface area contributed by atoms with Gasteiger partial charge in [-0.1, -0.05) is 0 Å². The number of thiophene rings is 1. The zero-order valence-corrected chi connectivity index (χ0v) is 11.0. The van der Waals surface area contributed by atoms with E-state index in [1.807, 2.05) is 18.0 Å². The Bertz CT molecular complexity index is 327. The molecule has 1 rings (SSSR count). The largest absolute Gasteiger partial charge is 0.481 e. The number of carbonyl (C=O) groups is 1. The van der Waals surface area contributed by atoms with Gasteiger partial charge in [0.15, 0.2) is 0 Å². The highest BCUT2D eigenvalue weighted by atomic mass is 79.9. The molecule has 0 saturated heterocycles. The van der Waals surface area contributed by atoms with Gasteiger partial charge in [-0.2, -0.15) is 0 Å². The van der Waals surface area contributed by atoms with Gasteiger partial charge >= 0.3 is 5.97 Å². The lowest BCUT2D eigenvalue weighted by atomic mass is 10.3. The Hall–Kier alpha value is -0.390. The third-order valence-electron chi connectivity index (χ3n) is 2.08. The second kappa shape index (κ2) is 6.25. The molecule has 1 aromatic rings. The normalized spacial score (nSPS) is 10.9. The second-order valence-corrected chi connectivity index (χ2v) is 5.95. The highest BCUT2D eigenvalue weighted by Gasteiger charge is 2.03. The molecule has 0 aromatic carbocycles. The molecule has 0 atom stereocenters. The number of halogens is 1. The van der Waals surface area contributed by atoms with Crippen LogP contribution in [-0.4, -0.2) is 36.1 Å². The molecule has 5 heteroatoms. The van der Waals surface area contributed by atoms with Crippen LogP contribution < -0.4 is 0 Å². The molecule has 0 aliphatic carbocycles. The van der Waals surface area contributed by atoms with Crippen molar-refractivity contribution >= 4 is 33.2 Å². The molecule has 0 unspecified atom stereocenters. The topological polar surface area (TPSA) is 40.5 Å². The predicted molar refractivity (Wildman–Crippen MR) is 65.5 cm³/mol. The van der Waals surface area contributed by atoms with Crippen LogP contribution in [0.5, 0.6) is 0 Å². The summed E-state index contributed by atoms with van der Waals surface area (Å²) in [6, 6.07) is 4.14. The lowest BCUT2D eigenvalue weighted by Gasteiger charge is -2.14. The van der Waals surface area contributed by atoms with Gasteiger partial charge in [0, 0.05) is 18.0 Å². The first-order valence-electron chi connectivity index (χ1n) is 4.72. The van der Waals surface area contributed by atoms with Gasteiger partial charge in [0.2, 0.25) is 0 Å². The van der Waals surface area contributed by atoms with E-state index in [2.05, 4.69) is 22.0 Å². The highest BCUT2D eigenvalue weighted by molar-refractivity contribution is 9.11. The third kappa shape index (κ3) is 5.30. The van der Waals surface area contributed by atoms with Crippen molar-refractivity contribution in [3.8, 4) is 0 Å². The van der Waals surface area contributed by atoms with Crippen molar-refractivity contribution in [3.05, 3.63) is 20.8 Å². The Morgan fingerprint density at radius 2 is 2.27 bits per heavy atom. The van der Waals surface area contributed by atoms with Crippen molar-refractivity contribution in [2.45, 2.75) is 12.8 Å². The van der Waals surface area contributed by atoms with Crippen LogP contribution in [0.4, 0.5) is 0 Å². The van der Waals surface area contributed by atoms with E-state index >= 15 is 0 Å². The van der Waals surface area contributed by atoms with Crippen molar-refractivity contribution in [2.24, 2.45) is 0 Å². The van der Waals surface area contributed by atoms with Crippen molar-refractivity contribution in [1.29, 1.82) is 0 Å². The summed E-state index contributed by atoms with van der Waals surface area (Å²) in [6.45, 7) is 1.52. The smallest absolute Gasteiger partial charge is 0.304 e. The fourth-order valence-corrected chi connectivity index (χ4v) is 2.66. The monoisotopic (exact) mass is 291 g/mol. The Labute approximate surface area is 102 Å². The van der Waals surface area contributed by atoms with Crippen LogP contribution >= 0.6 is 27.3 Å². The Morgan fingerprint density at radius 1 is 1.53 bits per heavy atom. The maximum absolute atomic E-state index is 10.4. The van der Waals surface area contributed by atoms with Crippen LogP contribution in [0.1, 0.15) is 11.3 Å². The van der Waals surface area contributed by atoms with Crippen molar-refractivity contribution in [3.63, 3.8) is 0 Å². The zero-order valence-electron chi connectivity index (χ0n) is 8.57. The first-order valence-corrected chi connectivity index (χ1v) is 6.33. The number of hydrogen-bond acceptors (Lipinski definition) is 3. The summed E-state index contributed by atoms with van der Waals surface area (Å²) in [4.78, 5) is 13.7. The van der Waals surface area contributed by atoms with Gasteiger partial charge in [-0.05, 0) is 41.5 Å². The summed E-state index contributed by atoms with van der Waals surface area (Å²) in [6.07, 6.45) is 1.19. The van der Waals surface area contributed by atoms with Gasteiger partial charge in [0.05, 0.1) is 10.2 Å². The maximum atomic E-state index is 10.4. The molecule has 1 N–H and O–H groups in total. The molecule has 1 aromatic heterocycles. The fraction of sp³-hybridized carbons (Fsp3) is 0.500. The van der Waals surface area contributed by atoms with Crippen LogP contribution in [0, 0.1) is 0 Å². The van der Waals surface area contributed by atoms with Crippen LogP contribution in [0.3, 0.4) is 0 Å². The average Bonchev–Trinajstić information content (AvgIpc) is 2.58. The third-order valence-corrected chi connectivity index (χ3v) is 3.76. The van der Waals surface area contributed by atoms with Crippen molar-refractivity contribution in [2.75, 3.05) is 20.1 Å². The molecule has 0 spiro atoms. The van der Waals surface area contributed by atoms with E-state index in [1.54, 1.807) is 11.3 Å². The van der Waals surface area contributed by atoms with Gasteiger partial charge in [-0.15, -0.1) is 11.3 Å². The Balaban J connectivity index is 2.22. The average molecular weight is 292 g/mol. The molecule has 84 valence electrons. The number of nitrogens with zero attached hydrogens (tertiary/aromatic N) is 1. The maximum Gasteiger partial charge on any atom is 0.304 e. The quantitative estimate of drug-likeness (QED) is 0.875. The van der Waals surface area contributed by atoms with Gasteiger partial charge in [-0.3, -0.25) is 4.79 Å². The summed E-state index contributed by atoms with van der Waals surface area (Å²) >= 11 is 5.14. The number of carboxylic acid groups (broad SMARTS) is 1. The number of carboxylic acids is 1. The molecule has 0 aliphatic heterocycles. The minimum Gasteiger partial charge on any atom is -0.481 e. The van der Waals surface area contributed by atoms with E-state index in [4.69, 9.17) is 5.11 Å². The van der Waals surface area contributed by atoms with E-state index < -0.39 is 5.97 Å². The number of hydrogen-bond donors (Lipinski definition) is 1. The zero-order chi connectivity index (χ0) is 11.3. The molecule has 1 heterocycles. The molecule has 0 aliphatic rings. The summed E-state index contributed by atoms with van der Waals surface area (Å²) in [7, 11) is 1.95. The summed E-state index contributed by atoms with van der Waals surface area (Å²) < 4.78 is 1.14. The molecular formula is C10H14BrNO2S. The molecule has 0 fully saturated rings. The van der Waals surface area contributed by atoms with E-state index in [-0.39, 0.29) is 6.42 Å². The van der Waals surface area contributed by atoms with E-state index in [0.717, 1.165) is 16.8 Å². The first-order chi connectivity index (χ1) is 7.08. The second-order valence-electron chi connectivity index (χ2n) is 3.40. The standard InChI is InChI=1S/C10H14BrNO2S/c1-12(7-5-10(13)14)6-4-8-2-3-9(11)15-8/h2-3H,4-7H2,1H3,(H,13,14). The Morgan fingerprint density at radius 3 is 2.80 bits per heavy atom. The molecule has 0 saturated carbocycles. The number of rotatable bonds is 6. The molecule has 0 bridgehead atoms. The lowest BCUT2D eigenvalue weighted by molar-refractivity contribution is -0.137. The SMILES string of the molecule is CN(CCC(=O)O)CCc1ccc(Br)s1. The van der Waals surface area contributed by atoms with Crippen LogP contribution in [0.2, 0.25) is 0 Å². The van der Waals surface area contributed by atoms with Crippen molar-refractivity contribution < 1.29 is 9.90 Å². The number of likely N-dealkylation sites (N-methyl/N-ethyl adjacent to an activating group) is 1. The van der Waals surface area contributed by atoms with Gasteiger partial charge in [0.25, 0.3) is 0 Å². The van der Waals surface area contributed by atoms with Crippen LogP contribution in [0.15, 0.2) is 15.9 Å². The van der Waals surface area contributed by atoms with Crippen LogP contribution in [-0.2, 0) is 11.2 Å². The Kier molecular flexibility index (Phi) is 5.28.